The Balaban J connectivity index is 2.26. The molecular formula is C16H17BrN2O4. The Morgan fingerprint density at radius 1 is 1.35 bits per heavy atom. The molecule has 0 radical (unpaired) electrons. The number of aromatic nitrogens is 1. The first-order chi connectivity index (χ1) is 10.9. The highest BCUT2D eigenvalue weighted by molar-refractivity contribution is 9.10. The standard InChI is InChI=1S/C16H17BrN2O4/c1-10-15(11(2)23-18-10)16(22)19(7-6-14(20)21)9-12-4-3-5-13(17)8-12/h3-5,8H,6-7,9H2,1-2H3,(H,20,21). The Labute approximate surface area is 142 Å². The maximum Gasteiger partial charge on any atom is 0.305 e. The minimum atomic E-state index is -0.948. The van der Waals surface area contributed by atoms with Crippen molar-refractivity contribution in [2.75, 3.05) is 6.54 Å². The van der Waals surface area contributed by atoms with Gasteiger partial charge in [-0.25, -0.2) is 0 Å². The first-order valence-electron chi connectivity index (χ1n) is 7.07. The van der Waals surface area contributed by atoms with Crippen molar-refractivity contribution in [3.63, 3.8) is 0 Å². The second kappa shape index (κ2) is 7.41. The lowest BCUT2D eigenvalue weighted by atomic mass is 10.1. The maximum absolute atomic E-state index is 12.8. The number of rotatable bonds is 6. The molecule has 122 valence electrons. The van der Waals surface area contributed by atoms with E-state index < -0.39 is 5.97 Å². The van der Waals surface area contributed by atoms with E-state index in [1.165, 1.54) is 4.90 Å². The smallest absolute Gasteiger partial charge is 0.305 e. The van der Waals surface area contributed by atoms with Crippen molar-refractivity contribution >= 4 is 27.8 Å². The highest BCUT2D eigenvalue weighted by Gasteiger charge is 2.24. The average Bonchev–Trinajstić information content (AvgIpc) is 2.82. The van der Waals surface area contributed by atoms with Crippen LogP contribution < -0.4 is 0 Å². The summed E-state index contributed by atoms with van der Waals surface area (Å²) in [6, 6.07) is 7.55. The molecule has 1 heterocycles. The summed E-state index contributed by atoms with van der Waals surface area (Å²) in [5, 5.41) is 12.7. The molecule has 0 spiro atoms. The van der Waals surface area contributed by atoms with E-state index in [-0.39, 0.29) is 18.9 Å². The molecule has 0 aliphatic rings. The van der Waals surface area contributed by atoms with Crippen molar-refractivity contribution in [1.29, 1.82) is 0 Å². The van der Waals surface area contributed by atoms with Gasteiger partial charge in [0.1, 0.15) is 11.3 Å². The van der Waals surface area contributed by atoms with E-state index in [2.05, 4.69) is 21.1 Å². The van der Waals surface area contributed by atoms with E-state index in [1.807, 2.05) is 24.3 Å². The van der Waals surface area contributed by atoms with E-state index >= 15 is 0 Å². The number of aliphatic carboxylic acids is 1. The molecule has 0 aliphatic heterocycles. The van der Waals surface area contributed by atoms with Crippen LogP contribution in [0.2, 0.25) is 0 Å². The van der Waals surface area contributed by atoms with E-state index in [9.17, 15) is 9.59 Å². The normalized spacial score (nSPS) is 10.6. The van der Waals surface area contributed by atoms with E-state index in [0.29, 0.717) is 23.6 Å². The predicted octanol–water partition coefficient (Wildman–Crippen LogP) is 3.17. The summed E-state index contributed by atoms with van der Waals surface area (Å²) in [7, 11) is 0. The van der Waals surface area contributed by atoms with Crippen LogP contribution in [0.3, 0.4) is 0 Å². The Hall–Kier alpha value is -2.15. The molecule has 0 saturated heterocycles. The summed E-state index contributed by atoms with van der Waals surface area (Å²) < 4.78 is 5.94. The van der Waals surface area contributed by atoms with Gasteiger partial charge in [0, 0.05) is 17.6 Å². The fourth-order valence-corrected chi connectivity index (χ4v) is 2.73. The molecular weight excluding hydrogens is 364 g/mol. The largest absolute Gasteiger partial charge is 0.481 e. The van der Waals surface area contributed by atoms with E-state index in [1.54, 1.807) is 13.8 Å². The molecule has 2 aromatic rings. The number of carboxylic acids is 1. The minimum absolute atomic E-state index is 0.116. The number of amides is 1. The fourth-order valence-electron chi connectivity index (χ4n) is 2.29. The third kappa shape index (κ3) is 4.41. The van der Waals surface area contributed by atoms with Gasteiger partial charge in [-0.3, -0.25) is 9.59 Å². The molecule has 0 bridgehead atoms. The van der Waals surface area contributed by atoms with E-state index in [0.717, 1.165) is 10.0 Å². The van der Waals surface area contributed by atoms with Gasteiger partial charge in [-0.05, 0) is 31.5 Å². The molecule has 1 amide bonds. The van der Waals surface area contributed by atoms with Crippen LogP contribution in [0.25, 0.3) is 0 Å². The van der Waals surface area contributed by atoms with Crippen LogP contribution in [0.5, 0.6) is 0 Å². The lowest BCUT2D eigenvalue weighted by Gasteiger charge is -2.22. The molecule has 1 aromatic carbocycles. The minimum Gasteiger partial charge on any atom is -0.481 e. The molecule has 1 N–H and O–H groups in total. The van der Waals surface area contributed by atoms with Crippen LogP contribution in [-0.4, -0.2) is 33.6 Å². The van der Waals surface area contributed by atoms with E-state index in [4.69, 9.17) is 9.63 Å². The van der Waals surface area contributed by atoms with Gasteiger partial charge in [-0.2, -0.15) is 0 Å². The van der Waals surface area contributed by atoms with Gasteiger partial charge in [-0.15, -0.1) is 0 Å². The Bertz CT molecular complexity index is 707. The number of halogens is 1. The van der Waals surface area contributed by atoms with Gasteiger partial charge >= 0.3 is 5.97 Å². The molecule has 6 nitrogen and oxygen atoms in total. The monoisotopic (exact) mass is 380 g/mol. The number of aryl methyl sites for hydroxylation is 2. The molecule has 0 atom stereocenters. The summed E-state index contributed by atoms with van der Waals surface area (Å²) >= 11 is 3.39. The number of nitrogens with zero attached hydrogens (tertiary/aromatic N) is 2. The van der Waals surface area contributed by atoms with Crippen molar-refractivity contribution in [3.05, 3.63) is 51.3 Å². The Kier molecular flexibility index (Phi) is 5.54. The van der Waals surface area contributed by atoms with Crippen molar-refractivity contribution < 1.29 is 19.2 Å². The van der Waals surface area contributed by atoms with Crippen LogP contribution in [0.4, 0.5) is 0 Å². The predicted molar refractivity (Wildman–Crippen MR) is 87.1 cm³/mol. The van der Waals surface area contributed by atoms with Crippen LogP contribution >= 0.6 is 15.9 Å². The lowest BCUT2D eigenvalue weighted by molar-refractivity contribution is -0.137. The Morgan fingerprint density at radius 3 is 2.65 bits per heavy atom. The van der Waals surface area contributed by atoms with Gasteiger partial charge in [0.15, 0.2) is 0 Å². The molecule has 0 saturated carbocycles. The summed E-state index contributed by atoms with van der Waals surface area (Å²) in [6.07, 6.45) is -0.122. The highest BCUT2D eigenvalue weighted by atomic mass is 79.9. The number of carbonyl (C=O) groups excluding carboxylic acids is 1. The molecule has 7 heteroatoms. The topological polar surface area (TPSA) is 83.6 Å². The highest BCUT2D eigenvalue weighted by Crippen LogP contribution is 2.19. The molecule has 2 rings (SSSR count). The van der Waals surface area contributed by atoms with Gasteiger partial charge in [0.2, 0.25) is 0 Å². The summed E-state index contributed by atoms with van der Waals surface area (Å²) in [5.41, 5.74) is 1.80. The molecule has 1 aromatic heterocycles. The molecule has 0 fully saturated rings. The van der Waals surface area contributed by atoms with Crippen LogP contribution in [0.15, 0.2) is 33.3 Å². The van der Waals surface area contributed by atoms with Crippen LogP contribution in [-0.2, 0) is 11.3 Å². The van der Waals surface area contributed by atoms with Gasteiger partial charge in [0.05, 0.1) is 12.1 Å². The summed E-state index contributed by atoms with van der Waals surface area (Å²) in [4.78, 5) is 25.2. The first-order valence-corrected chi connectivity index (χ1v) is 7.86. The first kappa shape index (κ1) is 17.2. The number of hydrogen-bond acceptors (Lipinski definition) is 4. The number of carbonyl (C=O) groups is 2. The molecule has 0 unspecified atom stereocenters. The van der Waals surface area contributed by atoms with Crippen LogP contribution in [0.1, 0.15) is 33.8 Å². The fraction of sp³-hybridized carbons (Fsp3) is 0.312. The molecule has 23 heavy (non-hydrogen) atoms. The lowest BCUT2D eigenvalue weighted by Crippen LogP contribution is -2.33. The number of benzene rings is 1. The van der Waals surface area contributed by atoms with Gasteiger partial charge in [-0.1, -0.05) is 33.2 Å². The second-order valence-electron chi connectivity index (χ2n) is 5.20. The maximum atomic E-state index is 12.8. The third-order valence-electron chi connectivity index (χ3n) is 3.39. The van der Waals surface area contributed by atoms with Gasteiger partial charge in [0.25, 0.3) is 5.91 Å². The molecule has 0 aliphatic carbocycles. The van der Waals surface area contributed by atoms with Crippen molar-refractivity contribution in [3.8, 4) is 0 Å². The van der Waals surface area contributed by atoms with Crippen molar-refractivity contribution in [1.82, 2.24) is 10.1 Å². The Morgan fingerprint density at radius 2 is 2.09 bits per heavy atom. The van der Waals surface area contributed by atoms with Crippen molar-refractivity contribution in [2.24, 2.45) is 0 Å². The summed E-state index contributed by atoms with van der Waals surface area (Å²) in [5.74, 6) is -0.791. The zero-order valence-electron chi connectivity index (χ0n) is 12.9. The van der Waals surface area contributed by atoms with Crippen LogP contribution in [0, 0.1) is 13.8 Å². The quantitative estimate of drug-likeness (QED) is 0.831. The van der Waals surface area contributed by atoms with Gasteiger partial charge < -0.3 is 14.5 Å². The third-order valence-corrected chi connectivity index (χ3v) is 3.89. The zero-order valence-corrected chi connectivity index (χ0v) is 14.5. The second-order valence-corrected chi connectivity index (χ2v) is 6.12. The number of hydrogen-bond donors (Lipinski definition) is 1. The average molecular weight is 381 g/mol. The summed E-state index contributed by atoms with van der Waals surface area (Å²) in [6.45, 7) is 3.79. The zero-order chi connectivity index (χ0) is 17.0. The van der Waals surface area contributed by atoms with Crippen molar-refractivity contribution in [2.45, 2.75) is 26.8 Å². The SMILES string of the molecule is Cc1noc(C)c1C(=O)N(CCC(=O)O)Cc1cccc(Br)c1. The number of carboxylic acid groups (broad SMARTS) is 1.